The minimum atomic E-state index is -1.20. The fourth-order valence-electron chi connectivity index (χ4n) is 0.987. The highest BCUT2D eigenvalue weighted by molar-refractivity contribution is 5.64. The predicted molar refractivity (Wildman–Crippen MR) is 47.4 cm³/mol. The Hall–Kier alpha value is -1.62. The van der Waals surface area contributed by atoms with E-state index in [0.717, 1.165) is 0 Å². The summed E-state index contributed by atoms with van der Waals surface area (Å²) in [6, 6.07) is 5.23. The molecule has 0 aromatic heterocycles. The van der Waals surface area contributed by atoms with Gasteiger partial charge < -0.3 is 15.5 Å². The Morgan fingerprint density at radius 3 is 2.50 bits per heavy atom. The number of nitrogens with one attached hydrogen (secondary N) is 1. The van der Waals surface area contributed by atoms with Crippen molar-refractivity contribution < 1.29 is 19.4 Å². The van der Waals surface area contributed by atoms with Crippen molar-refractivity contribution in [1.29, 1.82) is 0 Å². The van der Waals surface area contributed by atoms with Crippen LogP contribution in [-0.2, 0) is 0 Å². The fourth-order valence-corrected chi connectivity index (χ4v) is 0.987. The Morgan fingerprint density at radius 1 is 1.43 bits per heavy atom. The lowest BCUT2D eigenvalue weighted by Gasteiger charge is -2.10. The van der Waals surface area contributed by atoms with E-state index in [9.17, 15) is 14.3 Å². The zero-order valence-corrected chi connectivity index (χ0v) is 7.27. The minimum Gasteiger partial charge on any atom is -0.465 e. The van der Waals surface area contributed by atoms with E-state index in [4.69, 9.17) is 5.11 Å². The maximum absolute atomic E-state index is 12.5. The SMILES string of the molecule is O=C(O)NC[C@H](O)c1ccc(F)cc1. The summed E-state index contributed by atoms with van der Waals surface area (Å²) in [5.41, 5.74) is 0.472. The number of halogens is 1. The number of carboxylic acid groups (broad SMARTS) is 1. The van der Waals surface area contributed by atoms with Crippen LogP contribution >= 0.6 is 0 Å². The second-order valence-electron chi connectivity index (χ2n) is 2.75. The Kier molecular flexibility index (Phi) is 3.41. The molecule has 0 saturated heterocycles. The molecule has 3 N–H and O–H groups in total. The van der Waals surface area contributed by atoms with Gasteiger partial charge in [-0.25, -0.2) is 9.18 Å². The van der Waals surface area contributed by atoms with Gasteiger partial charge >= 0.3 is 6.09 Å². The molecule has 1 rings (SSSR count). The van der Waals surface area contributed by atoms with Gasteiger partial charge in [-0.3, -0.25) is 0 Å². The van der Waals surface area contributed by atoms with Crippen LogP contribution < -0.4 is 5.32 Å². The molecule has 0 unspecified atom stereocenters. The van der Waals surface area contributed by atoms with Gasteiger partial charge in [0, 0.05) is 0 Å². The molecular weight excluding hydrogens is 189 g/mol. The molecule has 1 amide bonds. The lowest BCUT2D eigenvalue weighted by atomic mass is 10.1. The third-order valence-corrected chi connectivity index (χ3v) is 1.70. The number of benzene rings is 1. The Bertz CT molecular complexity index is 312. The van der Waals surface area contributed by atoms with E-state index >= 15 is 0 Å². The molecule has 1 aromatic rings. The summed E-state index contributed by atoms with van der Waals surface area (Å²) in [6.45, 7) is -0.110. The summed E-state index contributed by atoms with van der Waals surface area (Å²) in [6.07, 6.45) is -2.15. The molecule has 76 valence electrons. The van der Waals surface area contributed by atoms with Crippen LogP contribution in [0.2, 0.25) is 0 Å². The maximum atomic E-state index is 12.5. The number of hydrogen-bond donors (Lipinski definition) is 3. The fraction of sp³-hybridized carbons (Fsp3) is 0.222. The molecule has 0 radical (unpaired) electrons. The molecule has 5 heteroatoms. The van der Waals surface area contributed by atoms with Gasteiger partial charge in [-0.1, -0.05) is 12.1 Å². The van der Waals surface area contributed by atoms with Crippen LogP contribution in [-0.4, -0.2) is 22.9 Å². The third-order valence-electron chi connectivity index (χ3n) is 1.70. The van der Waals surface area contributed by atoms with Crippen molar-refractivity contribution in [3.63, 3.8) is 0 Å². The predicted octanol–water partition coefficient (Wildman–Crippen LogP) is 1.13. The van der Waals surface area contributed by atoms with Gasteiger partial charge in [0.1, 0.15) is 5.82 Å². The summed E-state index contributed by atoms with van der Waals surface area (Å²) in [5.74, 6) is -0.396. The topological polar surface area (TPSA) is 69.6 Å². The Balaban J connectivity index is 2.56. The first kappa shape index (κ1) is 10.5. The van der Waals surface area contributed by atoms with E-state index in [1.54, 1.807) is 0 Å². The third kappa shape index (κ3) is 3.02. The summed E-state index contributed by atoms with van der Waals surface area (Å²) < 4.78 is 12.5. The van der Waals surface area contributed by atoms with E-state index in [1.807, 2.05) is 5.32 Å². The highest BCUT2D eigenvalue weighted by atomic mass is 19.1. The summed E-state index contributed by atoms with van der Waals surface area (Å²) in [7, 11) is 0. The number of aliphatic hydroxyl groups excluding tert-OH is 1. The molecule has 1 atom stereocenters. The standard InChI is InChI=1S/C9H10FNO3/c10-7-3-1-6(2-4-7)8(12)5-11-9(13)14/h1-4,8,11-12H,5H2,(H,13,14)/t8-/m0/s1. The molecule has 1 aromatic carbocycles. The van der Waals surface area contributed by atoms with Crippen LogP contribution in [0.5, 0.6) is 0 Å². The number of rotatable bonds is 3. The first-order valence-corrected chi connectivity index (χ1v) is 4.00. The van der Waals surface area contributed by atoms with Crippen LogP contribution in [0.4, 0.5) is 9.18 Å². The molecule has 0 bridgehead atoms. The van der Waals surface area contributed by atoms with Crippen molar-refractivity contribution in [3.8, 4) is 0 Å². The average molecular weight is 199 g/mol. The zero-order chi connectivity index (χ0) is 10.6. The number of amides is 1. The molecule has 0 aliphatic rings. The highest BCUT2D eigenvalue weighted by Gasteiger charge is 2.08. The van der Waals surface area contributed by atoms with Gasteiger partial charge in [0.15, 0.2) is 0 Å². The number of hydrogen-bond acceptors (Lipinski definition) is 2. The monoisotopic (exact) mass is 199 g/mol. The molecule has 0 heterocycles. The molecule has 0 aliphatic heterocycles. The van der Waals surface area contributed by atoms with Gasteiger partial charge in [0.25, 0.3) is 0 Å². The summed E-state index contributed by atoms with van der Waals surface area (Å²) in [5, 5.41) is 19.7. The van der Waals surface area contributed by atoms with Gasteiger partial charge in [-0.15, -0.1) is 0 Å². The van der Waals surface area contributed by atoms with Gasteiger partial charge in [0.05, 0.1) is 12.6 Å². The summed E-state index contributed by atoms with van der Waals surface area (Å²) in [4.78, 5) is 10.1. The average Bonchev–Trinajstić information content (AvgIpc) is 2.15. The highest BCUT2D eigenvalue weighted by Crippen LogP contribution is 2.11. The molecule has 0 aliphatic carbocycles. The van der Waals surface area contributed by atoms with Crippen LogP contribution in [0.3, 0.4) is 0 Å². The smallest absolute Gasteiger partial charge is 0.404 e. The largest absolute Gasteiger partial charge is 0.465 e. The van der Waals surface area contributed by atoms with Crippen LogP contribution in [0.15, 0.2) is 24.3 Å². The van der Waals surface area contributed by atoms with Crippen molar-refractivity contribution in [1.82, 2.24) is 5.32 Å². The van der Waals surface area contributed by atoms with E-state index < -0.39 is 18.0 Å². The van der Waals surface area contributed by atoms with Gasteiger partial charge in [-0.2, -0.15) is 0 Å². The van der Waals surface area contributed by atoms with Crippen molar-refractivity contribution in [2.24, 2.45) is 0 Å². The van der Waals surface area contributed by atoms with E-state index in [-0.39, 0.29) is 6.54 Å². The van der Waals surface area contributed by atoms with Crippen LogP contribution in [0.25, 0.3) is 0 Å². The second kappa shape index (κ2) is 4.57. The molecule has 0 fully saturated rings. The molecular formula is C9H10FNO3. The molecule has 0 saturated carbocycles. The normalized spacial score (nSPS) is 12.1. The maximum Gasteiger partial charge on any atom is 0.404 e. The first-order chi connectivity index (χ1) is 6.59. The minimum absolute atomic E-state index is 0.110. The first-order valence-electron chi connectivity index (χ1n) is 4.00. The number of carbonyl (C=O) groups is 1. The number of aliphatic hydroxyl groups is 1. The molecule has 4 nitrogen and oxygen atoms in total. The van der Waals surface area contributed by atoms with Crippen LogP contribution in [0, 0.1) is 5.82 Å². The van der Waals surface area contributed by atoms with Crippen molar-refractivity contribution in [3.05, 3.63) is 35.6 Å². The lowest BCUT2D eigenvalue weighted by molar-refractivity contribution is 0.159. The van der Waals surface area contributed by atoms with Crippen molar-refractivity contribution in [2.75, 3.05) is 6.54 Å². The second-order valence-corrected chi connectivity index (χ2v) is 2.75. The quantitative estimate of drug-likeness (QED) is 0.683. The zero-order valence-electron chi connectivity index (χ0n) is 7.27. The lowest BCUT2D eigenvalue weighted by Crippen LogP contribution is -2.26. The molecule has 0 spiro atoms. The van der Waals surface area contributed by atoms with Gasteiger partial charge in [0.2, 0.25) is 0 Å². The van der Waals surface area contributed by atoms with E-state index in [0.29, 0.717) is 5.56 Å². The van der Waals surface area contributed by atoms with Crippen molar-refractivity contribution in [2.45, 2.75) is 6.10 Å². The summed E-state index contributed by atoms with van der Waals surface area (Å²) >= 11 is 0. The Morgan fingerprint density at radius 2 is 2.00 bits per heavy atom. The van der Waals surface area contributed by atoms with E-state index in [1.165, 1.54) is 24.3 Å². The van der Waals surface area contributed by atoms with Crippen molar-refractivity contribution >= 4 is 6.09 Å². The van der Waals surface area contributed by atoms with Gasteiger partial charge in [-0.05, 0) is 17.7 Å². The Labute approximate surface area is 80.0 Å². The van der Waals surface area contributed by atoms with Crippen LogP contribution in [0.1, 0.15) is 11.7 Å². The molecule has 14 heavy (non-hydrogen) atoms. The van der Waals surface area contributed by atoms with E-state index in [2.05, 4.69) is 0 Å².